The third kappa shape index (κ3) is 2.18. The summed E-state index contributed by atoms with van der Waals surface area (Å²) in [7, 11) is -4.50. The van der Waals surface area contributed by atoms with Crippen LogP contribution >= 0.6 is 0 Å². The molecular formula is C13H16F2N2O2S. The van der Waals surface area contributed by atoms with E-state index in [1.807, 2.05) is 0 Å². The molecule has 0 bridgehead atoms. The van der Waals surface area contributed by atoms with Gasteiger partial charge in [-0.05, 0) is 36.6 Å². The van der Waals surface area contributed by atoms with Crippen molar-refractivity contribution in [3.63, 3.8) is 0 Å². The minimum absolute atomic E-state index is 0.323. The fourth-order valence-electron chi connectivity index (χ4n) is 3.10. The maximum atomic E-state index is 12.5. The number of sulfone groups is 1. The van der Waals surface area contributed by atoms with Gasteiger partial charge in [0.05, 0.1) is 4.90 Å². The maximum Gasteiger partial charge on any atom is 0.341 e. The van der Waals surface area contributed by atoms with Crippen LogP contribution in [0.1, 0.15) is 6.42 Å². The average molecular weight is 302 g/mol. The van der Waals surface area contributed by atoms with E-state index >= 15 is 0 Å². The van der Waals surface area contributed by atoms with Gasteiger partial charge in [-0.1, -0.05) is 0 Å². The topological polar surface area (TPSA) is 49.4 Å². The number of nitrogens with one attached hydrogen (secondary N) is 1. The third-order valence-corrected chi connectivity index (χ3v) is 5.58. The zero-order chi connectivity index (χ0) is 14.3. The van der Waals surface area contributed by atoms with Crippen molar-refractivity contribution in [1.82, 2.24) is 5.32 Å². The van der Waals surface area contributed by atoms with Gasteiger partial charge in [0.2, 0.25) is 9.84 Å². The van der Waals surface area contributed by atoms with Crippen molar-refractivity contribution in [3.05, 3.63) is 24.3 Å². The molecule has 2 saturated heterocycles. The predicted octanol–water partition coefficient (Wildman–Crippen LogP) is 1.48. The summed E-state index contributed by atoms with van der Waals surface area (Å²) in [5.74, 6) is -2.75. The second-order valence-corrected chi connectivity index (χ2v) is 7.19. The number of benzene rings is 1. The van der Waals surface area contributed by atoms with Gasteiger partial charge in [0, 0.05) is 31.4 Å². The summed E-state index contributed by atoms with van der Waals surface area (Å²) < 4.78 is 47.7. The Morgan fingerprint density at radius 2 is 1.90 bits per heavy atom. The standard InChI is InChI=1S/C13H16F2N2O2S/c14-13(15)20(18,19)11-3-1-10(2-4-11)17-6-5-9-7-16-8-12(9)17/h1-4,9,12-13,16H,5-8H2/t9-,12+/m0/s1. The minimum atomic E-state index is -4.50. The number of nitrogens with zero attached hydrogens (tertiary/aromatic N) is 1. The Morgan fingerprint density at radius 3 is 2.55 bits per heavy atom. The van der Waals surface area contributed by atoms with Gasteiger partial charge >= 0.3 is 5.76 Å². The zero-order valence-electron chi connectivity index (χ0n) is 10.8. The van der Waals surface area contributed by atoms with E-state index in [-0.39, 0.29) is 4.90 Å². The molecule has 1 N–H and O–H groups in total. The summed E-state index contributed by atoms with van der Waals surface area (Å²) >= 11 is 0. The van der Waals surface area contributed by atoms with Gasteiger partial charge < -0.3 is 10.2 Å². The van der Waals surface area contributed by atoms with Crippen LogP contribution in [0.3, 0.4) is 0 Å². The molecule has 0 saturated carbocycles. The summed E-state index contributed by atoms with van der Waals surface area (Å²) in [5, 5.41) is 3.34. The van der Waals surface area contributed by atoms with Crippen molar-refractivity contribution in [2.24, 2.45) is 5.92 Å². The molecule has 1 aromatic carbocycles. The Kier molecular flexibility index (Phi) is 3.41. The van der Waals surface area contributed by atoms with Crippen LogP contribution in [0.15, 0.2) is 29.2 Å². The molecule has 110 valence electrons. The van der Waals surface area contributed by atoms with Crippen molar-refractivity contribution in [1.29, 1.82) is 0 Å². The highest BCUT2D eigenvalue weighted by Gasteiger charge is 2.37. The highest BCUT2D eigenvalue weighted by atomic mass is 32.2. The lowest BCUT2D eigenvalue weighted by molar-refractivity contribution is 0.234. The lowest BCUT2D eigenvalue weighted by Crippen LogP contribution is -2.34. The monoisotopic (exact) mass is 302 g/mol. The highest BCUT2D eigenvalue weighted by Crippen LogP contribution is 2.32. The predicted molar refractivity (Wildman–Crippen MR) is 71.7 cm³/mol. The van der Waals surface area contributed by atoms with E-state index < -0.39 is 15.6 Å². The minimum Gasteiger partial charge on any atom is -0.367 e. The summed E-state index contributed by atoms with van der Waals surface area (Å²) in [5.41, 5.74) is 0.898. The summed E-state index contributed by atoms with van der Waals surface area (Å²) in [6.07, 6.45) is 1.11. The molecule has 4 nitrogen and oxygen atoms in total. The molecule has 0 aliphatic carbocycles. The van der Waals surface area contributed by atoms with Crippen LogP contribution in [-0.2, 0) is 9.84 Å². The lowest BCUT2D eigenvalue weighted by Gasteiger charge is -2.25. The van der Waals surface area contributed by atoms with Gasteiger partial charge in [0.15, 0.2) is 0 Å². The van der Waals surface area contributed by atoms with Crippen LogP contribution in [0, 0.1) is 5.92 Å². The summed E-state index contributed by atoms with van der Waals surface area (Å²) in [6.45, 7) is 2.86. The molecule has 2 aliphatic rings. The molecule has 20 heavy (non-hydrogen) atoms. The highest BCUT2D eigenvalue weighted by molar-refractivity contribution is 7.91. The molecule has 0 amide bonds. The molecule has 0 radical (unpaired) electrons. The second kappa shape index (κ2) is 4.96. The first-order chi connectivity index (χ1) is 9.50. The van der Waals surface area contributed by atoms with Gasteiger partial charge in [0.25, 0.3) is 0 Å². The van der Waals surface area contributed by atoms with Crippen LogP contribution in [0.2, 0.25) is 0 Å². The van der Waals surface area contributed by atoms with E-state index in [4.69, 9.17) is 0 Å². The van der Waals surface area contributed by atoms with Crippen molar-refractivity contribution in [2.45, 2.75) is 23.1 Å². The molecule has 2 heterocycles. The number of halogens is 2. The van der Waals surface area contributed by atoms with E-state index in [9.17, 15) is 17.2 Å². The van der Waals surface area contributed by atoms with Gasteiger partial charge in [0.1, 0.15) is 0 Å². The smallest absolute Gasteiger partial charge is 0.341 e. The molecule has 2 fully saturated rings. The third-order valence-electron chi connectivity index (χ3n) is 4.18. The first kappa shape index (κ1) is 13.8. The van der Waals surface area contributed by atoms with Crippen molar-refractivity contribution in [3.8, 4) is 0 Å². The first-order valence-corrected chi connectivity index (χ1v) is 8.14. The summed E-state index contributed by atoms with van der Waals surface area (Å²) in [6, 6.07) is 6.21. The Bertz CT molecular complexity index is 589. The maximum absolute atomic E-state index is 12.5. The zero-order valence-corrected chi connectivity index (χ0v) is 11.6. The SMILES string of the molecule is O=S(=O)(c1ccc(N2CC[C@H]3CNC[C@H]32)cc1)C(F)F. The number of alkyl halides is 2. The Labute approximate surface area is 116 Å². The molecular weight excluding hydrogens is 286 g/mol. The largest absolute Gasteiger partial charge is 0.367 e. The van der Waals surface area contributed by atoms with Crippen LogP contribution in [0.5, 0.6) is 0 Å². The van der Waals surface area contributed by atoms with Crippen LogP contribution in [-0.4, -0.2) is 39.9 Å². The number of anilines is 1. The fraction of sp³-hybridized carbons (Fsp3) is 0.538. The molecule has 1 aromatic rings. The fourth-order valence-corrected chi connectivity index (χ4v) is 3.82. The summed E-state index contributed by atoms with van der Waals surface area (Å²) in [4.78, 5) is 1.90. The quantitative estimate of drug-likeness (QED) is 0.919. The van der Waals surface area contributed by atoms with E-state index in [1.165, 1.54) is 12.1 Å². The normalized spacial score (nSPS) is 26.2. The van der Waals surface area contributed by atoms with Gasteiger partial charge in [-0.2, -0.15) is 8.78 Å². The number of hydrogen-bond donors (Lipinski definition) is 1. The number of rotatable bonds is 3. The van der Waals surface area contributed by atoms with Gasteiger partial charge in [-0.25, -0.2) is 8.42 Å². The lowest BCUT2D eigenvalue weighted by atomic mass is 10.1. The molecule has 0 spiro atoms. The van der Waals surface area contributed by atoms with E-state index in [2.05, 4.69) is 10.2 Å². The molecule has 0 unspecified atom stereocenters. The van der Waals surface area contributed by atoms with E-state index in [0.717, 1.165) is 31.7 Å². The van der Waals surface area contributed by atoms with Crippen LogP contribution in [0.4, 0.5) is 14.5 Å². The number of hydrogen-bond acceptors (Lipinski definition) is 4. The van der Waals surface area contributed by atoms with E-state index in [0.29, 0.717) is 12.0 Å². The van der Waals surface area contributed by atoms with Gasteiger partial charge in [-0.15, -0.1) is 0 Å². The Morgan fingerprint density at radius 1 is 1.20 bits per heavy atom. The Hall–Kier alpha value is -1.21. The Balaban J connectivity index is 1.84. The van der Waals surface area contributed by atoms with Crippen molar-refractivity contribution >= 4 is 15.5 Å². The molecule has 2 aliphatic heterocycles. The van der Waals surface area contributed by atoms with Crippen molar-refractivity contribution in [2.75, 3.05) is 24.5 Å². The first-order valence-electron chi connectivity index (χ1n) is 6.59. The number of fused-ring (bicyclic) bond motifs is 1. The van der Waals surface area contributed by atoms with Crippen LogP contribution < -0.4 is 10.2 Å². The van der Waals surface area contributed by atoms with Crippen LogP contribution in [0.25, 0.3) is 0 Å². The van der Waals surface area contributed by atoms with Gasteiger partial charge in [-0.3, -0.25) is 0 Å². The molecule has 0 aromatic heterocycles. The molecule has 3 rings (SSSR count). The average Bonchev–Trinajstić information content (AvgIpc) is 3.01. The molecule has 2 atom stereocenters. The van der Waals surface area contributed by atoms with E-state index in [1.54, 1.807) is 12.1 Å². The molecule has 7 heteroatoms. The second-order valence-electron chi connectivity index (χ2n) is 5.27. The van der Waals surface area contributed by atoms with Crippen molar-refractivity contribution < 1.29 is 17.2 Å².